The first-order chi connectivity index (χ1) is 23.4. The van der Waals surface area contributed by atoms with Gasteiger partial charge in [0.25, 0.3) is 5.91 Å². The third-order valence-corrected chi connectivity index (χ3v) is 10.5. The van der Waals surface area contributed by atoms with Gasteiger partial charge in [0.2, 0.25) is 0 Å². The second-order valence-corrected chi connectivity index (χ2v) is 14.5. The van der Waals surface area contributed by atoms with Gasteiger partial charge in [-0.2, -0.15) is 29.1 Å². The van der Waals surface area contributed by atoms with E-state index in [-0.39, 0.29) is 22.8 Å². The lowest BCUT2D eigenvalue weighted by Gasteiger charge is -2.38. The number of nitrogens with two attached hydrogens (primary N) is 1. The summed E-state index contributed by atoms with van der Waals surface area (Å²) in [5.41, 5.74) is 8.84. The number of urea groups is 1. The highest BCUT2D eigenvalue weighted by atomic mass is 32.2. The Hall–Kier alpha value is -4.92. The Morgan fingerprint density at radius 1 is 1.00 bits per heavy atom. The van der Waals surface area contributed by atoms with E-state index in [1.807, 2.05) is 18.2 Å². The molecule has 3 aromatic carbocycles. The summed E-state index contributed by atoms with van der Waals surface area (Å²) in [5.74, 6) is 0.724. The quantitative estimate of drug-likeness (QED) is 0.108. The molecule has 4 aromatic rings. The van der Waals surface area contributed by atoms with Gasteiger partial charge in [-0.25, -0.2) is 5.32 Å². The van der Waals surface area contributed by atoms with E-state index in [1.165, 1.54) is 63.8 Å². The van der Waals surface area contributed by atoms with Crippen molar-refractivity contribution in [1.82, 2.24) is 0 Å². The van der Waals surface area contributed by atoms with Crippen molar-refractivity contribution in [1.29, 1.82) is 0 Å². The van der Waals surface area contributed by atoms with Crippen LogP contribution in [0.2, 0.25) is 0 Å². The van der Waals surface area contributed by atoms with E-state index in [4.69, 9.17) is 19.4 Å². The Morgan fingerprint density at radius 3 is 2.33 bits per heavy atom. The van der Waals surface area contributed by atoms with Crippen LogP contribution < -0.4 is 24.7 Å². The van der Waals surface area contributed by atoms with Gasteiger partial charge in [0.15, 0.2) is 17.5 Å². The number of likely N-dealkylation sites (tertiary alicyclic amines) is 1. The summed E-state index contributed by atoms with van der Waals surface area (Å²) < 4.78 is 43.3. The van der Waals surface area contributed by atoms with Crippen LogP contribution in [0.3, 0.4) is 0 Å². The first-order valence-electron chi connectivity index (χ1n) is 15.5. The number of phenols is 1. The van der Waals surface area contributed by atoms with Crippen LogP contribution >= 0.6 is 11.3 Å². The van der Waals surface area contributed by atoms with E-state index < -0.39 is 28.1 Å². The fourth-order valence-electron chi connectivity index (χ4n) is 6.04. The maximum absolute atomic E-state index is 14.2. The summed E-state index contributed by atoms with van der Waals surface area (Å²) in [7, 11) is 1.28. The zero-order chi connectivity index (χ0) is 35.2. The smallest absolute Gasteiger partial charge is 0.496 e. The molecule has 3 amide bonds. The van der Waals surface area contributed by atoms with Crippen molar-refractivity contribution < 1.29 is 45.8 Å². The van der Waals surface area contributed by atoms with Crippen LogP contribution in [0.4, 0.5) is 10.5 Å². The minimum atomic E-state index is -4.00. The summed E-state index contributed by atoms with van der Waals surface area (Å²) in [6, 6.07) is 18.0. The number of anilines is 1. The van der Waals surface area contributed by atoms with E-state index in [0.717, 1.165) is 24.2 Å². The first-order valence-corrected chi connectivity index (χ1v) is 17.9. The van der Waals surface area contributed by atoms with E-state index in [9.17, 15) is 23.1 Å². The van der Waals surface area contributed by atoms with Crippen LogP contribution in [-0.4, -0.2) is 80.6 Å². The highest BCUT2D eigenvalue weighted by Gasteiger charge is 2.39. The molecule has 12 nitrogen and oxygen atoms in total. The first kappa shape index (κ1) is 35.4. The van der Waals surface area contributed by atoms with Crippen molar-refractivity contribution in [2.24, 2.45) is 5.73 Å². The van der Waals surface area contributed by atoms with Gasteiger partial charge in [-0.05, 0) is 71.6 Å². The highest BCUT2D eigenvalue weighted by molar-refractivity contribution is 7.87. The van der Waals surface area contributed by atoms with Crippen molar-refractivity contribution in [2.75, 3.05) is 39.7 Å². The van der Waals surface area contributed by atoms with Crippen molar-refractivity contribution in [3.05, 3.63) is 94.7 Å². The molecule has 1 aliphatic heterocycles. The molecule has 1 aromatic heterocycles. The van der Waals surface area contributed by atoms with Crippen LogP contribution in [0.5, 0.6) is 23.0 Å². The number of ether oxygens (including phenoxy) is 2. The van der Waals surface area contributed by atoms with E-state index >= 15 is 0 Å². The number of nitrogens with one attached hydrogen (secondary N) is 1. The highest BCUT2D eigenvalue weighted by Crippen LogP contribution is 2.30. The maximum atomic E-state index is 14.2. The molecule has 49 heavy (non-hydrogen) atoms. The number of benzene rings is 3. The lowest BCUT2D eigenvalue weighted by molar-refractivity contribution is -0.918. The zero-order valence-electron chi connectivity index (χ0n) is 27.5. The molecule has 258 valence electrons. The standard InChI is InChI=1S/C35H38N4O8S2/c1-39(21-25-8-15-32(45-2)33(20-25)46-3)17-4-5-27(22-39)38(31(34(36)41)19-24-6-11-28(40)12-7-24)35(42)37-26-9-13-29(14-10-26)47-49(43,44)30-16-18-48-23-30/h6-16,18,20,23,31H,4-5,17,19,21-22H2,1-3H3,(H2-2,36,37,40,41,42)/p+2/b38-27+/t31-,39?/m0/s1. The maximum Gasteiger partial charge on any atom is 0.496 e. The summed E-state index contributed by atoms with van der Waals surface area (Å²) >= 11 is 1.24. The van der Waals surface area contributed by atoms with Gasteiger partial charge in [-0.3, -0.25) is 4.79 Å². The van der Waals surface area contributed by atoms with Crippen molar-refractivity contribution in [3.8, 4) is 23.0 Å². The molecule has 0 radical (unpaired) electrons. The number of hydrogen-bond donors (Lipinski definition) is 3. The molecule has 1 fully saturated rings. The number of piperidine rings is 1. The number of quaternary nitrogens is 1. The van der Waals surface area contributed by atoms with Gasteiger partial charge in [0, 0.05) is 30.2 Å². The van der Waals surface area contributed by atoms with Crippen molar-refractivity contribution in [2.45, 2.75) is 36.7 Å². The molecule has 0 saturated carbocycles. The number of thiophene rings is 1. The number of methoxy groups -OCH3 is 2. The molecule has 1 unspecified atom stereocenters. The van der Waals surface area contributed by atoms with Crippen LogP contribution in [0, 0.1) is 0 Å². The fraction of sp³-hybridized carbons (Fsp3) is 0.286. The summed E-state index contributed by atoms with van der Waals surface area (Å²) in [5, 5.41) is 15.8. The number of amides is 3. The third kappa shape index (κ3) is 8.76. The SMILES string of the molecule is COc1ccc(C[N+]2(C)CCC/C(=[N+](\C(=O)Nc3ccc(OS(=O)(=O)c4ccsc4)cc3)[C@@H](Cc3ccc(O)cc3)C(N)=O)C2)cc1OC. The van der Waals surface area contributed by atoms with E-state index in [2.05, 4.69) is 12.4 Å². The third-order valence-electron chi connectivity index (χ3n) is 8.40. The molecule has 0 aliphatic carbocycles. The van der Waals surface area contributed by atoms with Crippen LogP contribution in [0.25, 0.3) is 0 Å². The Labute approximate surface area is 289 Å². The number of primary amides is 1. The number of carbonyl (C=O) groups is 2. The van der Waals surface area contributed by atoms with E-state index in [0.29, 0.717) is 46.7 Å². The molecule has 0 bridgehead atoms. The summed E-state index contributed by atoms with van der Waals surface area (Å²) in [6.07, 6.45) is 1.46. The van der Waals surface area contributed by atoms with Gasteiger partial charge in [0.05, 0.1) is 27.8 Å². The molecule has 2 atom stereocenters. The molecule has 4 N–H and O–H groups in total. The Morgan fingerprint density at radius 2 is 1.69 bits per heavy atom. The van der Waals surface area contributed by atoms with Crippen LogP contribution in [-0.2, 0) is 27.9 Å². The predicted molar refractivity (Wildman–Crippen MR) is 186 cm³/mol. The molecule has 14 heteroatoms. The van der Waals surface area contributed by atoms with Crippen LogP contribution in [0.15, 0.2) is 88.5 Å². The lowest BCUT2D eigenvalue weighted by atomic mass is 10.0. The summed E-state index contributed by atoms with van der Waals surface area (Å²) in [6.45, 7) is 1.94. The largest absolute Gasteiger partial charge is 0.508 e. The fourth-order valence-corrected chi connectivity index (χ4v) is 7.98. The minimum absolute atomic E-state index is 0.0534. The summed E-state index contributed by atoms with van der Waals surface area (Å²) in [4.78, 5) is 27.3. The monoisotopic (exact) mass is 708 g/mol. The number of carbonyl (C=O) groups excluding carboxylic acids is 2. The minimum Gasteiger partial charge on any atom is -0.508 e. The number of aromatic hydroxyl groups is 1. The van der Waals surface area contributed by atoms with Gasteiger partial charge in [0.1, 0.15) is 40.9 Å². The Balaban J connectivity index is 1.45. The molecule has 0 spiro atoms. The van der Waals surface area contributed by atoms with Crippen LogP contribution in [0.1, 0.15) is 24.0 Å². The predicted octanol–water partition coefficient (Wildman–Crippen LogP) is 4.76. The number of phenolic OH excluding ortho intramolecular Hbond substituents is 1. The van der Waals surface area contributed by atoms with Gasteiger partial charge < -0.3 is 29.0 Å². The molecule has 1 aliphatic rings. The second kappa shape index (κ2) is 15.1. The van der Waals surface area contributed by atoms with Gasteiger partial charge in [-0.15, -0.1) is 0 Å². The molecular formula is C35H40N4O8S2+2. The van der Waals surface area contributed by atoms with Crippen molar-refractivity contribution >= 4 is 44.8 Å². The number of rotatable bonds is 12. The molecular weight excluding hydrogens is 669 g/mol. The van der Waals surface area contributed by atoms with Gasteiger partial charge >= 0.3 is 16.1 Å². The molecule has 2 heterocycles. The Kier molecular flexibility index (Phi) is 10.9. The lowest BCUT2D eigenvalue weighted by Crippen LogP contribution is -2.56. The Bertz CT molecular complexity index is 1930. The second-order valence-electron chi connectivity index (χ2n) is 12.1. The average molecular weight is 709 g/mol. The number of nitrogens with zero attached hydrogens (tertiary/aromatic N) is 2. The molecule has 1 saturated heterocycles. The zero-order valence-corrected chi connectivity index (χ0v) is 29.1. The topological polar surface area (TPSA) is 157 Å². The normalized spacial score (nSPS) is 17.9. The average Bonchev–Trinajstić information content (AvgIpc) is 3.63. The molecule has 5 rings (SSSR count). The van der Waals surface area contributed by atoms with Crippen molar-refractivity contribution in [3.63, 3.8) is 0 Å². The number of hydrogen-bond acceptors (Lipinski definition) is 9. The van der Waals surface area contributed by atoms with E-state index in [1.54, 1.807) is 31.7 Å². The van der Waals surface area contributed by atoms with Gasteiger partial charge in [-0.1, -0.05) is 12.1 Å².